The van der Waals surface area contributed by atoms with Crippen LogP contribution in [0.25, 0.3) is 0 Å². The number of hydrogen-bond acceptors (Lipinski definition) is 4. The zero-order valence-electron chi connectivity index (χ0n) is 12.7. The topological polar surface area (TPSA) is 55.8 Å². The lowest BCUT2D eigenvalue weighted by atomic mass is 10.3. The molecule has 124 valence electrons. The van der Waals surface area contributed by atoms with E-state index < -0.39 is 26.6 Å². The molecule has 2 aromatic carbocycles. The maximum absolute atomic E-state index is 13.8. The molecular weight excluding hydrogens is 328 g/mol. The highest BCUT2D eigenvalue weighted by molar-refractivity contribution is 7.92. The van der Waals surface area contributed by atoms with E-state index in [1.807, 2.05) is 0 Å². The quantitative estimate of drug-likeness (QED) is 0.838. The maximum atomic E-state index is 13.8. The van der Waals surface area contributed by atoms with Crippen LogP contribution in [0.3, 0.4) is 0 Å². The van der Waals surface area contributed by atoms with Crippen LogP contribution < -0.4 is 13.8 Å². The van der Waals surface area contributed by atoms with Gasteiger partial charge in [-0.25, -0.2) is 17.2 Å². The Bertz CT molecular complexity index is 802. The summed E-state index contributed by atoms with van der Waals surface area (Å²) in [6.45, 7) is 0. The van der Waals surface area contributed by atoms with Crippen molar-refractivity contribution < 1.29 is 26.7 Å². The fraction of sp³-hybridized carbons (Fsp3) is 0.200. The molecule has 0 heterocycles. The molecule has 0 aliphatic heterocycles. The van der Waals surface area contributed by atoms with Gasteiger partial charge >= 0.3 is 0 Å². The Morgan fingerprint density at radius 1 is 1.00 bits per heavy atom. The fourth-order valence-electron chi connectivity index (χ4n) is 1.94. The van der Waals surface area contributed by atoms with Crippen molar-refractivity contribution in [2.75, 3.05) is 25.6 Å². The minimum absolute atomic E-state index is 0.185. The molecule has 0 spiro atoms. The van der Waals surface area contributed by atoms with E-state index in [0.29, 0.717) is 11.5 Å². The summed E-state index contributed by atoms with van der Waals surface area (Å²) in [7, 11) is -0.226. The van der Waals surface area contributed by atoms with Gasteiger partial charge in [-0.2, -0.15) is 0 Å². The predicted molar refractivity (Wildman–Crippen MR) is 81.5 cm³/mol. The molecule has 0 atom stereocenters. The fourth-order valence-corrected chi connectivity index (χ4v) is 3.20. The molecule has 5 nitrogen and oxygen atoms in total. The van der Waals surface area contributed by atoms with Gasteiger partial charge in [-0.15, -0.1) is 0 Å². The molecule has 0 unspecified atom stereocenters. The molecular formula is C15H15F2NO4S. The molecule has 0 N–H and O–H groups in total. The molecule has 0 amide bonds. The maximum Gasteiger partial charge on any atom is 0.267 e. The van der Waals surface area contributed by atoms with Gasteiger partial charge in [0.25, 0.3) is 10.0 Å². The third-order valence-corrected chi connectivity index (χ3v) is 5.06. The van der Waals surface area contributed by atoms with Crippen molar-refractivity contribution in [3.63, 3.8) is 0 Å². The molecule has 0 aliphatic rings. The first-order chi connectivity index (χ1) is 10.8. The van der Waals surface area contributed by atoms with Crippen molar-refractivity contribution in [2.24, 2.45) is 0 Å². The number of sulfonamides is 1. The van der Waals surface area contributed by atoms with E-state index in [1.54, 1.807) is 6.07 Å². The summed E-state index contributed by atoms with van der Waals surface area (Å²) in [5, 5.41) is 0. The Kier molecular flexibility index (Phi) is 4.74. The van der Waals surface area contributed by atoms with Crippen molar-refractivity contribution in [2.45, 2.75) is 4.90 Å². The molecule has 2 aromatic rings. The molecule has 0 radical (unpaired) electrons. The van der Waals surface area contributed by atoms with Gasteiger partial charge in [0.1, 0.15) is 16.4 Å². The summed E-state index contributed by atoms with van der Waals surface area (Å²) in [5.41, 5.74) is 0.185. The Morgan fingerprint density at radius 2 is 1.57 bits per heavy atom. The van der Waals surface area contributed by atoms with Crippen LogP contribution in [-0.4, -0.2) is 29.7 Å². The van der Waals surface area contributed by atoms with Gasteiger partial charge in [-0.1, -0.05) is 6.07 Å². The zero-order chi connectivity index (χ0) is 17.2. The molecule has 2 rings (SSSR count). The van der Waals surface area contributed by atoms with Crippen LogP contribution in [0.4, 0.5) is 14.5 Å². The largest absolute Gasteiger partial charge is 0.497 e. The predicted octanol–water partition coefficient (Wildman–Crippen LogP) is 2.81. The van der Waals surface area contributed by atoms with Gasteiger partial charge in [-0.05, 0) is 12.1 Å². The molecule has 23 heavy (non-hydrogen) atoms. The molecule has 0 bridgehead atoms. The molecule has 0 saturated heterocycles. The average molecular weight is 343 g/mol. The van der Waals surface area contributed by atoms with E-state index in [1.165, 1.54) is 33.4 Å². The van der Waals surface area contributed by atoms with Crippen LogP contribution in [0.1, 0.15) is 0 Å². The smallest absolute Gasteiger partial charge is 0.267 e. The van der Waals surface area contributed by atoms with Crippen LogP contribution in [0, 0.1) is 11.6 Å². The second-order valence-corrected chi connectivity index (χ2v) is 6.53. The van der Waals surface area contributed by atoms with Gasteiger partial charge in [0, 0.05) is 25.2 Å². The number of methoxy groups -OCH3 is 2. The molecule has 0 saturated carbocycles. The number of halogens is 2. The van der Waals surface area contributed by atoms with Gasteiger partial charge in [0.05, 0.1) is 19.9 Å². The van der Waals surface area contributed by atoms with Gasteiger partial charge < -0.3 is 9.47 Å². The Labute approximate surface area is 133 Å². The lowest BCUT2D eigenvalue weighted by molar-refractivity contribution is 0.394. The molecule has 0 aliphatic carbocycles. The third-order valence-electron chi connectivity index (χ3n) is 3.25. The van der Waals surface area contributed by atoms with Gasteiger partial charge in [0.15, 0.2) is 11.6 Å². The Hall–Kier alpha value is -2.35. The first-order valence-corrected chi connectivity index (χ1v) is 7.91. The van der Waals surface area contributed by atoms with Gasteiger partial charge in [-0.3, -0.25) is 4.31 Å². The Balaban J connectivity index is 2.54. The Morgan fingerprint density at radius 3 is 2.09 bits per heavy atom. The highest BCUT2D eigenvalue weighted by atomic mass is 32.2. The summed E-state index contributed by atoms with van der Waals surface area (Å²) in [6, 6.07) is 7.43. The van der Waals surface area contributed by atoms with Crippen LogP contribution in [0.15, 0.2) is 41.3 Å². The van der Waals surface area contributed by atoms with Crippen molar-refractivity contribution in [3.05, 3.63) is 48.0 Å². The average Bonchev–Trinajstić information content (AvgIpc) is 2.55. The summed E-state index contributed by atoms with van der Waals surface area (Å²) in [6.07, 6.45) is 0. The minimum Gasteiger partial charge on any atom is -0.497 e. The van der Waals surface area contributed by atoms with E-state index in [9.17, 15) is 17.2 Å². The van der Waals surface area contributed by atoms with Crippen LogP contribution in [0.5, 0.6) is 11.5 Å². The van der Waals surface area contributed by atoms with Crippen LogP contribution in [-0.2, 0) is 10.0 Å². The van der Waals surface area contributed by atoms with E-state index >= 15 is 0 Å². The first kappa shape index (κ1) is 17.0. The summed E-state index contributed by atoms with van der Waals surface area (Å²) in [4.78, 5) is -0.748. The van der Waals surface area contributed by atoms with Crippen molar-refractivity contribution in [3.8, 4) is 11.5 Å². The lowest BCUT2D eigenvalue weighted by Gasteiger charge is -2.21. The zero-order valence-corrected chi connectivity index (χ0v) is 13.5. The summed E-state index contributed by atoms with van der Waals surface area (Å²) < 4.78 is 63.2. The van der Waals surface area contributed by atoms with E-state index in [0.717, 1.165) is 22.5 Å². The third kappa shape index (κ3) is 3.21. The van der Waals surface area contributed by atoms with Crippen molar-refractivity contribution in [1.82, 2.24) is 0 Å². The monoisotopic (exact) mass is 343 g/mol. The number of benzene rings is 2. The lowest BCUT2D eigenvalue weighted by Crippen LogP contribution is -2.27. The van der Waals surface area contributed by atoms with Crippen LogP contribution in [0.2, 0.25) is 0 Å². The highest BCUT2D eigenvalue weighted by Gasteiger charge is 2.27. The van der Waals surface area contributed by atoms with Gasteiger partial charge in [0.2, 0.25) is 0 Å². The van der Waals surface area contributed by atoms with E-state index in [4.69, 9.17) is 9.47 Å². The number of anilines is 1. The molecule has 8 heteroatoms. The molecule has 0 aromatic heterocycles. The second-order valence-electron chi connectivity index (χ2n) is 4.60. The summed E-state index contributed by atoms with van der Waals surface area (Å²) in [5.74, 6) is -1.93. The molecule has 0 fully saturated rings. The van der Waals surface area contributed by atoms with Crippen molar-refractivity contribution >= 4 is 15.7 Å². The van der Waals surface area contributed by atoms with E-state index in [2.05, 4.69) is 0 Å². The first-order valence-electron chi connectivity index (χ1n) is 6.47. The standard InChI is InChI=1S/C15H15F2NO4S/c1-18(10-7-11(21-2)9-12(8-10)22-3)23(19,20)14-6-4-5-13(16)15(14)17/h4-9H,1-3H3. The van der Waals surface area contributed by atoms with Crippen molar-refractivity contribution in [1.29, 1.82) is 0 Å². The highest BCUT2D eigenvalue weighted by Crippen LogP contribution is 2.31. The number of hydrogen-bond donors (Lipinski definition) is 0. The number of nitrogens with zero attached hydrogens (tertiary/aromatic N) is 1. The number of rotatable bonds is 5. The normalized spacial score (nSPS) is 11.2. The number of ether oxygens (including phenoxy) is 2. The SMILES string of the molecule is COc1cc(OC)cc(N(C)S(=O)(=O)c2cccc(F)c2F)c1. The summed E-state index contributed by atoms with van der Waals surface area (Å²) >= 11 is 0. The second kappa shape index (κ2) is 6.41. The minimum atomic E-state index is -4.29. The van der Waals surface area contributed by atoms with E-state index in [-0.39, 0.29) is 5.69 Å². The van der Waals surface area contributed by atoms with Crippen LogP contribution >= 0.6 is 0 Å².